The number of hydrogen-bond acceptors (Lipinski definition) is 13. The maximum absolute atomic E-state index is 9.63. The maximum atomic E-state index is 9.63. The van der Waals surface area contributed by atoms with Gasteiger partial charge in [0.05, 0.1) is 22.6 Å². The number of hydrogen-bond donors (Lipinski definition) is 3. The normalized spacial score (nSPS) is 9.35. The van der Waals surface area contributed by atoms with E-state index in [1.54, 1.807) is 14.2 Å². The van der Waals surface area contributed by atoms with E-state index < -0.39 is 9.84 Å². The van der Waals surface area contributed by atoms with Crippen LogP contribution in [-0.4, -0.2) is 93.2 Å². The highest BCUT2D eigenvalue weighted by Crippen LogP contribution is 2.34. The fourth-order valence-electron chi connectivity index (χ4n) is 9.75. The Kier molecular flexibility index (Phi) is 56.8. The summed E-state index contributed by atoms with van der Waals surface area (Å²) in [4.78, 5) is 70.2. The van der Waals surface area contributed by atoms with E-state index in [0.717, 1.165) is 131 Å². The summed E-state index contributed by atoms with van der Waals surface area (Å²) in [5.41, 5.74) is 19.7. The lowest BCUT2D eigenvalue weighted by molar-refractivity contribution is -0.349. The van der Waals surface area contributed by atoms with E-state index >= 15 is 0 Å². The van der Waals surface area contributed by atoms with Crippen LogP contribution in [0.1, 0.15) is 154 Å². The Morgan fingerprint density at radius 3 is 0.925 bits per heavy atom. The van der Waals surface area contributed by atoms with Crippen LogP contribution < -0.4 is 4.98 Å². The summed E-state index contributed by atoms with van der Waals surface area (Å²) in [5, 5.41) is 0. The van der Waals surface area contributed by atoms with Gasteiger partial charge in [0, 0.05) is 86.6 Å². The number of carbonyl (C=O) groups is 4. The minimum Gasteiger partial charge on any atom is -0.441 e. The number of sulfone groups is 1. The molecule has 0 radical (unpaired) electrons. The number of rotatable bonds is 8. The van der Waals surface area contributed by atoms with Crippen LogP contribution in [0.5, 0.6) is 0 Å². The zero-order valence-electron chi connectivity index (χ0n) is 75.7. The number of ether oxygens (including phenoxy) is 1. The van der Waals surface area contributed by atoms with Crippen molar-refractivity contribution in [2.24, 2.45) is 0 Å². The Morgan fingerprint density at radius 1 is 0.342 bits per heavy atom. The molecule has 0 saturated heterocycles. The van der Waals surface area contributed by atoms with E-state index in [0.29, 0.717) is 11.8 Å². The van der Waals surface area contributed by atoms with Gasteiger partial charge >= 0.3 is 0 Å². The number of benzene rings is 10. The van der Waals surface area contributed by atoms with Gasteiger partial charge in [-0.3, -0.25) is 0 Å². The van der Waals surface area contributed by atoms with Crippen molar-refractivity contribution < 1.29 is 46.2 Å². The number of oxazole rings is 2. The number of aromatic amines is 4. The largest absolute Gasteiger partial charge is 0.441 e. The lowest BCUT2D eigenvalue weighted by Gasteiger charge is -2.02. The van der Waals surface area contributed by atoms with Gasteiger partial charge in [-0.05, 0) is 110 Å². The number of nitrogens with zero attached hydrogens (tertiary/aromatic N) is 4. The van der Waals surface area contributed by atoms with E-state index in [9.17, 15) is 27.6 Å². The molecule has 10 aromatic carbocycles. The number of aryl methyl sites for hydroxylation is 4. The third-order valence-electron chi connectivity index (χ3n) is 13.9. The summed E-state index contributed by atoms with van der Waals surface area (Å²) in [5.74, 6) is 4.80. The number of Topliss-reactive ketones (excluding diaryl/α,β-unsaturated/α-hetero) is 4. The van der Waals surface area contributed by atoms with Crippen LogP contribution in [0, 0.1) is 27.7 Å². The van der Waals surface area contributed by atoms with Gasteiger partial charge in [0.2, 0.25) is 0 Å². The Bertz CT molecular complexity index is 4880. The quantitative estimate of drug-likeness (QED) is 0.128. The van der Waals surface area contributed by atoms with Crippen LogP contribution in [0.3, 0.4) is 0 Å². The van der Waals surface area contributed by atoms with E-state index in [1.807, 2.05) is 257 Å². The van der Waals surface area contributed by atoms with Gasteiger partial charge in [-0.15, -0.1) is 0 Å². The molecule has 18 heteroatoms. The summed E-state index contributed by atoms with van der Waals surface area (Å²) in [6.45, 7) is 40.3. The number of ketones is 4. The summed E-state index contributed by atoms with van der Waals surface area (Å²) >= 11 is 0. The van der Waals surface area contributed by atoms with Crippen LogP contribution in [-0.2, 0) is 33.8 Å². The molecule has 0 spiro atoms. The number of methoxy groups -OCH3 is 1. The zero-order chi connectivity index (χ0) is 90.4. The Labute approximate surface area is 716 Å². The first-order valence-electron chi connectivity index (χ1n) is 40.4. The molecule has 0 aliphatic rings. The van der Waals surface area contributed by atoms with Gasteiger partial charge in [0.25, 0.3) is 5.82 Å². The first-order valence-corrected chi connectivity index (χ1v) is 42.7. The summed E-state index contributed by atoms with van der Waals surface area (Å²) in [6.07, 6.45) is 3.57. The van der Waals surface area contributed by atoms with Crippen LogP contribution in [0.4, 0.5) is 0 Å². The van der Waals surface area contributed by atoms with Gasteiger partial charge in [0.1, 0.15) is 61.3 Å². The molecule has 120 heavy (non-hydrogen) atoms. The second kappa shape index (κ2) is 63.5. The van der Waals surface area contributed by atoms with Gasteiger partial charge in [-0.2, -0.15) is 0 Å². The van der Waals surface area contributed by atoms with Gasteiger partial charge < -0.3 is 42.7 Å². The molecule has 15 aromatic rings. The topological polar surface area (TPSA) is 251 Å². The van der Waals surface area contributed by atoms with Crippen molar-refractivity contribution in [2.45, 2.75) is 159 Å². The minimum absolute atomic E-state index is 0.167. The molecule has 0 atom stereocenters. The highest BCUT2D eigenvalue weighted by Gasteiger charge is 2.19. The Balaban J connectivity index is 0.00000141. The van der Waals surface area contributed by atoms with E-state index in [2.05, 4.69) is 159 Å². The molecule has 0 saturated carbocycles. The van der Waals surface area contributed by atoms with Crippen molar-refractivity contribution in [2.75, 3.05) is 26.7 Å². The van der Waals surface area contributed by atoms with Crippen molar-refractivity contribution in [3.63, 3.8) is 0 Å². The predicted octanol–water partition coefficient (Wildman–Crippen LogP) is 26.7. The molecule has 0 bridgehead atoms. The van der Waals surface area contributed by atoms with Crippen LogP contribution in [0.2, 0.25) is 0 Å². The number of nitrogens with one attached hydrogen (secondary N) is 4. The van der Waals surface area contributed by atoms with E-state index in [4.69, 9.17) is 18.8 Å². The molecular weight excluding hydrogens is 1510 g/mol. The standard InChI is InChI=1S/C26H22N4.C21H16N2.C16H12N2O2.2C6H6.4C3H6O.C3H8.C2H6O2S.C2H6O.4C2H6/c1-17-23(19-9-5-3-6-10-19)29-25(27-17)21-13-15-22(16-14-21)26-28-18(2)24(30-26)20-11-7-4-8-12-20;1-4-10-16(11-5-1)19-20(17-12-6-2-7-13-17)23-21(22-19)18-14-8-3-9-15-18;1-9-17-13-7-11(3-5-15(13)19-9)12-4-6-16-14(8-12)18-10(2)20-16;2*1-2-4-6-5-3-1;4*1-3(2)4;1-3-2;1-5(2,3)4;1-3-2;4*1-2/h3-16H,1-2H3,(H,27,29)(H,28,30);1-15H,(H,22,23);3-8H,1-2H3;2*1-6H;4*1-2H3;3H2,1-2H3;1-2H3;1-2H3;4*1-2H3/p+1. The monoisotopic (exact) mass is 1640 g/mol. The highest BCUT2D eigenvalue weighted by molar-refractivity contribution is 7.89. The summed E-state index contributed by atoms with van der Waals surface area (Å²) in [6, 6.07) is 96.0. The maximum Gasteiger partial charge on any atom is 0.285 e. The van der Waals surface area contributed by atoms with Crippen molar-refractivity contribution in [1.82, 2.24) is 34.9 Å². The average Bonchev–Trinajstić information content (AvgIpc) is 1.54. The fraction of sp³-hybridized carbons (Fsp3) is 0.265. The van der Waals surface area contributed by atoms with E-state index in [-0.39, 0.29) is 23.1 Å². The zero-order valence-corrected chi connectivity index (χ0v) is 76.5. The number of fused-ring (bicyclic) bond motifs is 2. The summed E-state index contributed by atoms with van der Waals surface area (Å²) < 4.78 is 34.5. The SMILES string of the molecule is CC.CC.CC.CC.CC(C)=O.CC(C)=O.CC(C)=O.CC(C)=O.CCC.COC.CS(C)(=O)=O.Cc1[nH]c(-c2ccc(-c3[nH]c(C)c(-c4ccccc4)[nH+]3)cc2)nc1-c1ccccc1.Cc1nc2cc(-c3ccc4oc(C)nc4c3)ccc2o1.c1ccc(-c2nc(-c3ccccc3)c(-c3ccccc3)[nH]2)cc1.c1ccccc1.c1ccccc1. The molecule has 0 fully saturated rings. The number of H-pyrrole nitrogens is 4. The Morgan fingerprint density at radius 2 is 0.592 bits per heavy atom. The second-order valence-corrected chi connectivity index (χ2v) is 28.2. The van der Waals surface area contributed by atoms with Gasteiger partial charge in [-0.25, -0.2) is 38.3 Å². The minimum atomic E-state index is -2.67. The second-order valence-electron chi connectivity index (χ2n) is 25.9. The fourth-order valence-corrected chi connectivity index (χ4v) is 9.75. The first-order chi connectivity index (χ1) is 57.5. The van der Waals surface area contributed by atoms with Crippen LogP contribution in [0.15, 0.2) is 294 Å². The molecule has 0 aliphatic heterocycles. The van der Waals surface area contributed by atoms with E-state index in [1.165, 1.54) is 67.4 Å². The van der Waals surface area contributed by atoms with Gasteiger partial charge in [0.15, 0.2) is 28.6 Å². The average molecular weight is 1650 g/mol. The highest BCUT2D eigenvalue weighted by atomic mass is 32.2. The number of carbonyl (C=O) groups excluding carboxylic acids is 4. The molecule has 0 amide bonds. The predicted molar refractivity (Wildman–Crippen MR) is 505 cm³/mol. The summed E-state index contributed by atoms with van der Waals surface area (Å²) in [7, 11) is 0.583. The first kappa shape index (κ1) is 107. The van der Waals surface area contributed by atoms with Crippen LogP contribution >= 0.6 is 0 Å². The van der Waals surface area contributed by atoms with Crippen molar-refractivity contribution >= 4 is 55.2 Å². The van der Waals surface area contributed by atoms with Crippen LogP contribution in [0.25, 0.3) is 113 Å². The van der Waals surface area contributed by atoms with Crippen molar-refractivity contribution in [3.8, 4) is 90.3 Å². The van der Waals surface area contributed by atoms with Crippen molar-refractivity contribution in [1.29, 1.82) is 0 Å². The molecule has 5 heterocycles. The molecule has 5 aromatic heterocycles. The molecular formula is C102H131N8O9S+. The lowest BCUT2D eigenvalue weighted by atomic mass is 10.0. The smallest absolute Gasteiger partial charge is 0.285 e. The molecule has 4 N–H and O–H groups in total. The lowest BCUT2D eigenvalue weighted by Crippen LogP contribution is -2.05. The third-order valence-corrected chi connectivity index (χ3v) is 13.9. The van der Waals surface area contributed by atoms with Crippen molar-refractivity contribution in [3.05, 3.63) is 308 Å². The third kappa shape index (κ3) is 45.2. The Hall–Kier alpha value is -12.6. The molecule has 0 aliphatic carbocycles. The molecule has 15 rings (SSSR count). The number of imidazole rings is 3. The van der Waals surface area contributed by atoms with Gasteiger partial charge in [-0.1, -0.05) is 324 Å². The molecule has 638 valence electrons. The number of aromatic nitrogens is 8. The molecule has 0 unspecified atom stereocenters. The molecule has 17 nitrogen and oxygen atoms in total.